The lowest BCUT2D eigenvalue weighted by atomic mass is 10.2. The van der Waals surface area contributed by atoms with Gasteiger partial charge in [-0.1, -0.05) is 6.07 Å². The van der Waals surface area contributed by atoms with E-state index in [0.717, 1.165) is 22.3 Å². The molecule has 1 unspecified atom stereocenters. The average Bonchev–Trinajstić information content (AvgIpc) is 2.91. The standard InChI is InChI=1S/C15H14N2O2S/c1-19-13-5-6-14-11(8-13)9-15(17-14)20(18)10-12-4-2-3-7-16-12/h2-9,17H,10H2,1H3. The zero-order chi connectivity index (χ0) is 13.9. The summed E-state index contributed by atoms with van der Waals surface area (Å²) >= 11 is -1.13. The Labute approximate surface area is 120 Å². The summed E-state index contributed by atoms with van der Waals surface area (Å²) in [5.74, 6) is 1.20. The topological polar surface area (TPSA) is 61.0 Å². The van der Waals surface area contributed by atoms with E-state index in [1.165, 1.54) is 0 Å². The van der Waals surface area contributed by atoms with Crippen molar-refractivity contribution in [1.29, 1.82) is 0 Å². The number of nitrogens with one attached hydrogen (secondary N) is 1. The molecule has 0 amide bonds. The molecule has 4 nitrogen and oxygen atoms in total. The van der Waals surface area contributed by atoms with Crippen molar-refractivity contribution in [2.45, 2.75) is 10.8 Å². The Balaban J connectivity index is 1.86. The van der Waals surface area contributed by atoms with E-state index in [-0.39, 0.29) is 0 Å². The van der Waals surface area contributed by atoms with Crippen molar-refractivity contribution in [2.75, 3.05) is 7.11 Å². The van der Waals surface area contributed by atoms with E-state index in [2.05, 4.69) is 9.97 Å². The second kappa shape index (κ2) is 5.56. The van der Waals surface area contributed by atoms with E-state index in [9.17, 15) is 4.55 Å². The summed E-state index contributed by atoms with van der Waals surface area (Å²) < 4.78 is 17.5. The molecule has 0 radical (unpaired) electrons. The summed E-state index contributed by atoms with van der Waals surface area (Å²) in [6.07, 6.45) is 1.71. The van der Waals surface area contributed by atoms with Crippen LogP contribution >= 0.6 is 0 Å². The minimum Gasteiger partial charge on any atom is -0.610 e. The highest BCUT2D eigenvalue weighted by molar-refractivity contribution is 7.90. The van der Waals surface area contributed by atoms with Gasteiger partial charge in [0.25, 0.3) is 0 Å². The Morgan fingerprint density at radius 2 is 2.15 bits per heavy atom. The normalized spacial score (nSPS) is 12.5. The predicted molar refractivity (Wildman–Crippen MR) is 79.2 cm³/mol. The van der Waals surface area contributed by atoms with Gasteiger partial charge in [0.2, 0.25) is 5.03 Å². The third kappa shape index (κ3) is 2.64. The number of fused-ring (bicyclic) bond motifs is 1. The van der Waals surface area contributed by atoms with Crippen LogP contribution in [0.4, 0.5) is 0 Å². The second-order valence-corrected chi connectivity index (χ2v) is 5.82. The van der Waals surface area contributed by atoms with Gasteiger partial charge in [0, 0.05) is 34.3 Å². The molecule has 1 N–H and O–H groups in total. The van der Waals surface area contributed by atoms with Gasteiger partial charge in [-0.3, -0.25) is 4.98 Å². The summed E-state index contributed by atoms with van der Waals surface area (Å²) in [5, 5.41) is 1.70. The van der Waals surface area contributed by atoms with Crippen LogP contribution in [0.1, 0.15) is 5.69 Å². The van der Waals surface area contributed by atoms with Crippen LogP contribution in [0.2, 0.25) is 0 Å². The van der Waals surface area contributed by atoms with Gasteiger partial charge in [-0.25, -0.2) is 0 Å². The first-order chi connectivity index (χ1) is 9.76. The van der Waals surface area contributed by atoms with Crippen molar-refractivity contribution in [3.05, 3.63) is 54.4 Å². The smallest absolute Gasteiger partial charge is 0.224 e. The Hall–Kier alpha value is -1.98. The lowest BCUT2D eigenvalue weighted by Crippen LogP contribution is -2.06. The third-order valence-corrected chi connectivity index (χ3v) is 4.32. The number of benzene rings is 1. The Bertz CT molecular complexity index is 712. The molecule has 1 atom stereocenters. The van der Waals surface area contributed by atoms with Crippen LogP contribution < -0.4 is 4.74 Å². The molecule has 102 valence electrons. The largest absolute Gasteiger partial charge is 0.610 e. The number of H-pyrrole nitrogens is 1. The van der Waals surface area contributed by atoms with E-state index in [1.807, 2.05) is 42.5 Å². The number of hydrogen-bond acceptors (Lipinski definition) is 3. The maximum absolute atomic E-state index is 12.3. The summed E-state index contributed by atoms with van der Waals surface area (Å²) in [4.78, 5) is 7.38. The van der Waals surface area contributed by atoms with Gasteiger partial charge < -0.3 is 14.3 Å². The minimum absolute atomic E-state index is 0.408. The average molecular weight is 286 g/mol. The maximum Gasteiger partial charge on any atom is 0.224 e. The molecule has 0 saturated carbocycles. The Kier molecular flexibility index (Phi) is 3.62. The van der Waals surface area contributed by atoms with Crippen molar-refractivity contribution in [2.24, 2.45) is 0 Å². The SMILES string of the molecule is COc1ccc2[nH]c([S+]([O-])Cc3ccccn3)cc2c1. The van der Waals surface area contributed by atoms with Gasteiger partial charge in [-0.2, -0.15) is 0 Å². The quantitative estimate of drug-likeness (QED) is 0.750. The molecule has 0 fully saturated rings. The molecule has 2 aromatic heterocycles. The molecule has 1 aromatic carbocycles. The minimum atomic E-state index is -1.13. The molecule has 0 aliphatic heterocycles. The van der Waals surface area contributed by atoms with Crippen LogP contribution in [0.3, 0.4) is 0 Å². The number of nitrogens with zero attached hydrogens (tertiary/aromatic N) is 1. The van der Waals surface area contributed by atoms with E-state index in [0.29, 0.717) is 10.8 Å². The second-order valence-electron chi connectivity index (χ2n) is 4.40. The molecule has 3 aromatic rings. The lowest BCUT2D eigenvalue weighted by Gasteiger charge is -2.07. The van der Waals surface area contributed by atoms with Gasteiger partial charge in [0.05, 0.1) is 12.8 Å². The molecule has 0 saturated heterocycles. The van der Waals surface area contributed by atoms with Gasteiger partial charge in [0.15, 0.2) is 5.75 Å². The van der Waals surface area contributed by atoms with Crippen molar-refractivity contribution >= 4 is 22.1 Å². The number of methoxy groups -OCH3 is 1. The van der Waals surface area contributed by atoms with Crippen LogP contribution in [0.25, 0.3) is 10.9 Å². The van der Waals surface area contributed by atoms with Gasteiger partial charge in [-0.05, 0) is 30.3 Å². The molecule has 0 aliphatic rings. The summed E-state index contributed by atoms with van der Waals surface area (Å²) in [6, 6.07) is 13.3. The fourth-order valence-electron chi connectivity index (χ4n) is 2.03. The Morgan fingerprint density at radius 1 is 1.25 bits per heavy atom. The van der Waals surface area contributed by atoms with E-state index in [4.69, 9.17) is 4.74 Å². The zero-order valence-corrected chi connectivity index (χ0v) is 11.8. The summed E-state index contributed by atoms with van der Waals surface area (Å²) in [6.45, 7) is 0. The number of aromatic amines is 1. The molecule has 0 aliphatic carbocycles. The fourth-order valence-corrected chi connectivity index (χ4v) is 3.11. The molecule has 0 spiro atoms. The first kappa shape index (κ1) is 13.0. The maximum atomic E-state index is 12.3. The Morgan fingerprint density at radius 3 is 2.90 bits per heavy atom. The van der Waals surface area contributed by atoms with Crippen molar-refractivity contribution in [1.82, 2.24) is 9.97 Å². The van der Waals surface area contributed by atoms with Gasteiger partial charge in [0.1, 0.15) is 5.75 Å². The highest BCUT2D eigenvalue weighted by Gasteiger charge is 2.16. The van der Waals surface area contributed by atoms with Crippen LogP contribution in [0, 0.1) is 0 Å². The van der Waals surface area contributed by atoms with Crippen molar-refractivity contribution in [3.63, 3.8) is 0 Å². The molecule has 3 rings (SSSR count). The summed E-state index contributed by atoms with van der Waals surface area (Å²) in [7, 11) is 1.63. The summed E-state index contributed by atoms with van der Waals surface area (Å²) in [5.41, 5.74) is 1.78. The number of aromatic nitrogens is 2. The number of pyridine rings is 1. The number of hydrogen-bond donors (Lipinski definition) is 1. The molecular weight excluding hydrogens is 272 g/mol. The zero-order valence-electron chi connectivity index (χ0n) is 11.0. The molecule has 20 heavy (non-hydrogen) atoms. The number of ether oxygens (including phenoxy) is 1. The van der Waals surface area contributed by atoms with Gasteiger partial charge in [-0.15, -0.1) is 0 Å². The fraction of sp³-hybridized carbons (Fsp3) is 0.133. The molecule has 5 heteroatoms. The van der Waals surface area contributed by atoms with E-state index < -0.39 is 11.2 Å². The van der Waals surface area contributed by atoms with Crippen molar-refractivity contribution < 1.29 is 9.29 Å². The van der Waals surface area contributed by atoms with E-state index >= 15 is 0 Å². The third-order valence-electron chi connectivity index (χ3n) is 3.05. The molecular formula is C15H14N2O2S. The van der Waals surface area contributed by atoms with Crippen molar-refractivity contribution in [3.8, 4) is 5.75 Å². The highest BCUT2D eigenvalue weighted by Crippen LogP contribution is 2.24. The monoisotopic (exact) mass is 286 g/mol. The van der Waals surface area contributed by atoms with Crippen LogP contribution in [-0.4, -0.2) is 21.6 Å². The highest BCUT2D eigenvalue weighted by atomic mass is 32.2. The van der Waals surface area contributed by atoms with Gasteiger partial charge >= 0.3 is 0 Å². The molecule has 0 bridgehead atoms. The van der Waals surface area contributed by atoms with E-state index in [1.54, 1.807) is 13.3 Å². The van der Waals surface area contributed by atoms with Crippen LogP contribution in [-0.2, 0) is 16.9 Å². The first-order valence-corrected chi connectivity index (χ1v) is 7.53. The van der Waals surface area contributed by atoms with Crippen LogP contribution in [0.5, 0.6) is 5.75 Å². The first-order valence-electron chi connectivity index (χ1n) is 6.21. The number of rotatable bonds is 4. The predicted octanol–water partition coefficient (Wildman–Crippen LogP) is 2.88. The molecule has 2 heterocycles. The van der Waals surface area contributed by atoms with Crippen LogP contribution in [0.15, 0.2) is 53.7 Å². The lowest BCUT2D eigenvalue weighted by molar-refractivity contribution is 0.415.